The van der Waals surface area contributed by atoms with E-state index >= 15 is 0 Å². The maximum Gasteiger partial charge on any atom is 0.0207 e. The molecule has 0 radical (unpaired) electrons. The van der Waals surface area contributed by atoms with Crippen molar-refractivity contribution in [2.45, 2.75) is 6.92 Å². The molecular formula is C8H8. The van der Waals surface area contributed by atoms with Crippen molar-refractivity contribution in [3.8, 4) is 0 Å². The summed E-state index contributed by atoms with van der Waals surface area (Å²) in [5, 5.41) is 0. The number of rotatable bonds is 0. The van der Waals surface area contributed by atoms with Gasteiger partial charge in [0.2, 0.25) is 0 Å². The van der Waals surface area contributed by atoms with Gasteiger partial charge in [-0.25, -0.2) is 0 Å². The van der Waals surface area contributed by atoms with Crippen molar-refractivity contribution in [1.82, 2.24) is 0 Å². The smallest absolute Gasteiger partial charge is 0.0207 e. The zero-order valence-electron chi connectivity index (χ0n) is 4.89. The molecule has 0 saturated heterocycles. The highest BCUT2D eigenvalue weighted by Gasteiger charge is 2.21. The molecule has 0 amide bonds. The molecule has 2 aliphatic rings. The molecule has 8 heavy (non-hydrogen) atoms. The van der Waals surface area contributed by atoms with Gasteiger partial charge in [0.1, 0.15) is 0 Å². The third-order valence-electron chi connectivity index (χ3n) is 1.63. The average Bonchev–Trinajstić information content (AvgIpc) is 2.43. The van der Waals surface area contributed by atoms with E-state index in [0.29, 0.717) is 0 Å². The Morgan fingerprint density at radius 1 is 1.25 bits per heavy atom. The van der Waals surface area contributed by atoms with E-state index in [1.807, 2.05) is 0 Å². The molecule has 0 heterocycles. The fourth-order valence-corrected chi connectivity index (χ4v) is 1.04. The second-order valence-corrected chi connectivity index (χ2v) is 2.44. The molecule has 0 saturated carbocycles. The van der Waals surface area contributed by atoms with Crippen molar-refractivity contribution in [3.63, 3.8) is 0 Å². The lowest BCUT2D eigenvalue weighted by Gasteiger charge is -1.96. The highest BCUT2D eigenvalue weighted by Crippen LogP contribution is 2.35. The van der Waals surface area contributed by atoms with Crippen molar-refractivity contribution >= 4 is 0 Å². The summed E-state index contributed by atoms with van der Waals surface area (Å²) < 4.78 is 0. The van der Waals surface area contributed by atoms with Crippen LogP contribution in [0.2, 0.25) is 0 Å². The van der Waals surface area contributed by atoms with E-state index in [2.05, 4.69) is 31.2 Å². The number of hydrogen-bond donors (Lipinski definition) is 0. The molecule has 0 fully saturated rings. The quantitative estimate of drug-likeness (QED) is 0.441. The molecule has 0 bridgehead atoms. The molecule has 0 N–H and O–H groups in total. The first-order valence-electron chi connectivity index (χ1n) is 2.94. The lowest BCUT2D eigenvalue weighted by molar-refractivity contribution is 1.16. The Morgan fingerprint density at radius 3 is 2.75 bits per heavy atom. The molecule has 0 aliphatic heterocycles. The zero-order chi connectivity index (χ0) is 5.56. The van der Waals surface area contributed by atoms with Crippen LogP contribution in [0.5, 0.6) is 0 Å². The van der Waals surface area contributed by atoms with Gasteiger partial charge in [-0.15, -0.1) is 0 Å². The molecule has 0 aromatic heterocycles. The number of fused-ring (bicyclic) bond motifs is 1. The fourth-order valence-electron chi connectivity index (χ4n) is 1.04. The molecule has 2 aliphatic carbocycles. The van der Waals surface area contributed by atoms with Crippen LogP contribution in [-0.4, -0.2) is 0 Å². The summed E-state index contributed by atoms with van der Waals surface area (Å²) in [4.78, 5) is 0. The molecule has 0 aromatic rings. The summed E-state index contributed by atoms with van der Waals surface area (Å²) in [6, 6.07) is 0. The molecule has 40 valence electrons. The first-order chi connectivity index (χ1) is 3.86. The molecule has 1 atom stereocenters. The first-order valence-corrected chi connectivity index (χ1v) is 2.94. The van der Waals surface area contributed by atoms with Crippen LogP contribution >= 0.6 is 0 Å². The standard InChI is InChI=1S/C8H8/c1-6-2-3-7-5-8(7)4-6/h2-5,8H,1H3/t8-/m0/s1. The van der Waals surface area contributed by atoms with Crippen LogP contribution in [0.4, 0.5) is 0 Å². The third kappa shape index (κ3) is 0.460. The van der Waals surface area contributed by atoms with Crippen LogP contribution in [0.3, 0.4) is 0 Å². The van der Waals surface area contributed by atoms with Crippen molar-refractivity contribution in [1.29, 1.82) is 0 Å². The Labute approximate surface area is 49.2 Å². The lowest BCUT2D eigenvalue weighted by atomic mass is 10.1. The van der Waals surface area contributed by atoms with Crippen molar-refractivity contribution in [2.24, 2.45) is 5.92 Å². The van der Waals surface area contributed by atoms with Crippen molar-refractivity contribution in [3.05, 3.63) is 35.5 Å². The minimum Gasteiger partial charge on any atom is -0.0703 e. The lowest BCUT2D eigenvalue weighted by Crippen LogP contribution is -1.80. The van der Waals surface area contributed by atoms with Crippen LogP contribution in [0.1, 0.15) is 6.92 Å². The van der Waals surface area contributed by atoms with E-state index < -0.39 is 0 Å². The van der Waals surface area contributed by atoms with Crippen molar-refractivity contribution < 1.29 is 0 Å². The highest BCUT2D eigenvalue weighted by molar-refractivity contribution is 5.50. The summed E-state index contributed by atoms with van der Waals surface area (Å²) in [5.41, 5.74) is 2.89. The van der Waals surface area contributed by atoms with Crippen LogP contribution in [0, 0.1) is 5.92 Å². The topological polar surface area (TPSA) is 0 Å². The average molecular weight is 104 g/mol. The van der Waals surface area contributed by atoms with E-state index in [0.717, 1.165) is 5.92 Å². The summed E-state index contributed by atoms with van der Waals surface area (Å²) in [6.07, 6.45) is 8.91. The van der Waals surface area contributed by atoms with E-state index in [9.17, 15) is 0 Å². The van der Waals surface area contributed by atoms with E-state index in [-0.39, 0.29) is 0 Å². The number of hydrogen-bond acceptors (Lipinski definition) is 0. The third-order valence-corrected chi connectivity index (χ3v) is 1.63. The number of allylic oxidation sites excluding steroid dienone is 6. The second kappa shape index (κ2) is 1.13. The summed E-state index contributed by atoms with van der Waals surface area (Å²) in [6.45, 7) is 2.14. The molecular weight excluding hydrogens is 96.1 g/mol. The maximum absolute atomic E-state index is 2.29. The predicted molar refractivity (Wildman–Crippen MR) is 34.5 cm³/mol. The van der Waals surface area contributed by atoms with Gasteiger partial charge in [0.15, 0.2) is 0 Å². The van der Waals surface area contributed by atoms with Crippen LogP contribution in [-0.2, 0) is 0 Å². The van der Waals surface area contributed by atoms with Gasteiger partial charge in [-0.3, -0.25) is 0 Å². The fraction of sp³-hybridized carbons (Fsp3) is 0.250. The zero-order valence-corrected chi connectivity index (χ0v) is 4.89. The van der Waals surface area contributed by atoms with Gasteiger partial charge in [0.25, 0.3) is 0 Å². The van der Waals surface area contributed by atoms with Gasteiger partial charge in [-0.2, -0.15) is 0 Å². The Morgan fingerprint density at radius 2 is 2.12 bits per heavy atom. The minimum atomic E-state index is 0.722. The van der Waals surface area contributed by atoms with Crippen LogP contribution in [0.25, 0.3) is 0 Å². The summed E-state index contributed by atoms with van der Waals surface area (Å²) in [7, 11) is 0. The van der Waals surface area contributed by atoms with Gasteiger partial charge in [0, 0.05) is 5.92 Å². The Kier molecular flexibility index (Phi) is 0.587. The van der Waals surface area contributed by atoms with Crippen LogP contribution < -0.4 is 0 Å². The van der Waals surface area contributed by atoms with Gasteiger partial charge in [0.05, 0.1) is 0 Å². The first kappa shape index (κ1) is 4.13. The Hall–Kier alpha value is -0.780. The molecule has 0 aromatic carbocycles. The van der Waals surface area contributed by atoms with Gasteiger partial charge >= 0.3 is 0 Å². The molecule has 0 heteroatoms. The molecule has 2 rings (SSSR count). The molecule has 0 unspecified atom stereocenters. The van der Waals surface area contributed by atoms with E-state index in [1.165, 1.54) is 11.1 Å². The SMILES string of the molecule is CC1=C[C@H]2C=C2C=C1. The van der Waals surface area contributed by atoms with Gasteiger partial charge in [-0.05, 0) is 12.5 Å². The largest absolute Gasteiger partial charge is 0.0703 e. The maximum atomic E-state index is 2.29. The predicted octanol–water partition coefficient (Wildman–Crippen LogP) is 2.06. The van der Waals surface area contributed by atoms with Crippen molar-refractivity contribution in [2.75, 3.05) is 0 Å². The van der Waals surface area contributed by atoms with E-state index in [4.69, 9.17) is 0 Å². The Bertz CT molecular complexity index is 204. The summed E-state index contributed by atoms with van der Waals surface area (Å²) in [5.74, 6) is 0.722. The van der Waals surface area contributed by atoms with Gasteiger partial charge in [-0.1, -0.05) is 29.9 Å². The summed E-state index contributed by atoms with van der Waals surface area (Å²) >= 11 is 0. The monoisotopic (exact) mass is 104 g/mol. The van der Waals surface area contributed by atoms with E-state index in [1.54, 1.807) is 0 Å². The van der Waals surface area contributed by atoms with Gasteiger partial charge < -0.3 is 0 Å². The normalized spacial score (nSPS) is 30.9. The second-order valence-electron chi connectivity index (χ2n) is 2.44. The molecule has 0 nitrogen and oxygen atoms in total. The molecule has 0 spiro atoms. The minimum absolute atomic E-state index is 0.722. The van der Waals surface area contributed by atoms with Crippen LogP contribution in [0.15, 0.2) is 35.5 Å². The highest BCUT2D eigenvalue weighted by atomic mass is 14.2. The Balaban J connectivity index is 2.34.